The van der Waals surface area contributed by atoms with Gasteiger partial charge in [-0.25, -0.2) is 0 Å². The third kappa shape index (κ3) is 4.94. The molecule has 0 unspecified atom stereocenters. The van der Waals surface area contributed by atoms with Crippen LogP contribution in [0, 0.1) is 7.43 Å². The minimum absolute atomic E-state index is 0. The normalized spacial score (nSPS) is 8.53. The van der Waals surface area contributed by atoms with E-state index in [1.54, 1.807) is 0 Å². The molecule has 0 saturated carbocycles. The number of rotatable bonds is 2. The average molecular weight is 298 g/mol. The van der Waals surface area contributed by atoms with E-state index in [9.17, 15) is 0 Å². The van der Waals surface area contributed by atoms with Crippen LogP contribution >= 0.6 is 0 Å². The van der Waals surface area contributed by atoms with Crippen molar-refractivity contribution in [3.63, 3.8) is 0 Å². The van der Waals surface area contributed by atoms with Crippen molar-refractivity contribution in [2.45, 2.75) is 0 Å². The second kappa shape index (κ2) is 8.06. The van der Waals surface area contributed by atoms with Crippen molar-refractivity contribution in [2.75, 3.05) is 0 Å². The maximum atomic E-state index is 2.23. The van der Waals surface area contributed by atoms with Gasteiger partial charge in [-0.05, 0) is 0 Å². The summed E-state index contributed by atoms with van der Waals surface area (Å²) in [7, 11) is 0. The average Bonchev–Trinajstić information content (AvgIpc) is 2.21. The molecule has 0 atom stereocenters. The van der Waals surface area contributed by atoms with Gasteiger partial charge in [0.1, 0.15) is 0 Å². The van der Waals surface area contributed by atoms with Crippen molar-refractivity contribution in [1.82, 2.24) is 0 Å². The molecule has 15 heavy (non-hydrogen) atoms. The van der Waals surface area contributed by atoms with E-state index in [0.717, 1.165) is 0 Å². The summed E-state index contributed by atoms with van der Waals surface area (Å²) in [6.45, 7) is 0. The molecule has 0 bridgehead atoms. The first-order valence-electron chi connectivity index (χ1n) is 4.27. The van der Waals surface area contributed by atoms with Crippen molar-refractivity contribution >= 4 is 28.6 Å². The third-order valence-electron chi connectivity index (χ3n) is 1.77. The second-order valence-corrected chi connectivity index (χ2v) is 6.37. The van der Waals surface area contributed by atoms with Crippen LogP contribution in [0.25, 0.3) is 0 Å². The molecule has 0 fully saturated rings. The molecular formula is C13H13LiSb. The third-order valence-corrected chi connectivity index (χ3v) is 4.95. The molecule has 0 aromatic heterocycles. The summed E-state index contributed by atoms with van der Waals surface area (Å²) in [4.78, 5) is 0. The van der Waals surface area contributed by atoms with Crippen LogP contribution in [0.15, 0.2) is 60.7 Å². The predicted octanol–water partition coefficient (Wildman–Crippen LogP) is -1.20. The Morgan fingerprint density at radius 1 is 0.600 bits per heavy atom. The molecule has 0 aliphatic carbocycles. The predicted molar refractivity (Wildman–Crippen MR) is 64.3 cm³/mol. The van der Waals surface area contributed by atoms with Crippen molar-refractivity contribution < 1.29 is 18.9 Å². The molecule has 0 spiro atoms. The zero-order valence-electron chi connectivity index (χ0n) is 9.22. The summed E-state index contributed by atoms with van der Waals surface area (Å²) in [5.74, 6) is 0. The molecule has 71 valence electrons. The first-order valence-corrected chi connectivity index (χ1v) is 6.82. The van der Waals surface area contributed by atoms with E-state index in [-0.39, 0.29) is 47.9 Å². The Bertz CT molecular complexity index is 321. The second-order valence-electron chi connectivity index (χ2n) is 2.78. The molecule has 0 aliphatic rings. The van der Waals surface area contributed by atoms with E-state index >= 15 is 0 Å². The summed E-state index contributed by atoms with van der Waals surface area (Å²) in [5, 5.41) is 0. The summed E-state index contributed by atoms with van der Waals surface area (Å²) in [6.07, 6.45) is 0. The van der Waals surface area contributed by atoms with E-state index < -0.39 is 0 Å². The Labute approximate surface area is 115 Å². The molecule has 2 aromatic carbocycles. The molecule has 0 aliphatic heterocycles. The van der Waals surface area contributed by atoms with Crippen LogP contribution < -0.4 is 25.9 Å². The molecule has 0 nitrogen and oxygen atoms in total. The Balaban J connectivity index is 0.000000980. The number of benzene rings is 2. The van der Waals surface area contributed by atoms with Crippen LogP contribution in [-0.2, 0) is 0 Å². The van der Waals surface area contributed by atoms with Gasteiger partial charge in [-0.3, -0.25) is 0 Å². The molecule has 0 N–H and O–H groups in total. The fraction of sp³-hybridized carbons (Fsp3) is 0. The van der Waals surface area contributed by atoms with Gasteiger partial charge in [0.25, 0.3) is 0 Å². The number of hydrogen-bond acceptors (Lipinski definition) is 0. The van der Waals surface area contributed by atoms with Gasteiger partial charge < -0.3 is 7.43 Å². The Hall–Kier alpha value is -0.144. The molecule has 0 saturated heterocycles. The fourth-order valence-electron chi connectivity index (χ4n) is 1.15. The van der Waals surface area contributed by atoms with Gasteiger partial charge in [-0.15, -0.1) is 0 Å². The fourth-order valence-corrected chi connectivity index (χ4v) is 3.84. The molecule has 1 radical (unpaired) electrons. The van der Waals surface area contributed by atoms with E-state index in [0.29, 0.717) is 0 Å². The Morgan fingerprint density at radius 3 is 1.27 bits per heavy atom. The van der Waals surface area contributed by atoms with Crippen LogP contribution in [0.1, 0.15) is 0 Å². The van der Waals surface area contributed by atoms with Crippen LogP contribution in [0.3, 0.4) is 0 Å². The van der Waals surface area contributed by atoms with Crippen molar-refractivity contribution in [1.29, 1.82) is 0 Å². The quantitative estimate of drug-likeness (QED) is 0.482. The van der Waals surface area contributed by atoms with Gasteiger partial charge in [0, 0.05) is 0 Å². The van der Waals surface area contributed by atoms with Crippen LogP contribution in [-0.4, -0.2) is 21.6 Å². The summed E-state index contributed by atoms with van der Waals surface area (Å²) < 4.78 is 3.04. The maximum absolute atomic E-state index is 2.23. The van der Waals surface area contributed by atoms with Crippen molar-refractivity contribution in [2.24, 2.45) is 0 Å². The van der Waals surface area contributed by atoms with E-state index in [2.05, 4.69) is 60.7 Å². The van der Waals surface area contributed by atoms with Gasteiger partial charge in [0.15, 0.2) is 0 Å². The standard InChI is InChI=1S/2C6H5.CH3.Li.Sb/c2*1-2-4-6-5-3-1;;;/h2*1-5H;1H3;;/q;;-1;+1;. The zero-order valence-corrected chi connectivity index (χ0v) is 11.8. The van der Waals surface area contributed by atoms with Crippen LogP contribution in [0.5, 0.6) is 0 Å². The van der Waals surface area contributed by atoms with Gasteiger partial charge in [-0.2, -0.15) is 0 Å². The van der Waals surface area contributed by atoms with Gasteiger partial charge in [0.05, 0.1) is 0 Å². The molecule has 2 aromatic rings. The van der Waals surface area contributed by atoms with Gasteiger partial charge in [-0.1, -0.05) is 0 Å². The minimum atomic E-state index is -0.335. The molecule has 0 amide bonds. The molecule has 2 heteroatoms. The van der Waals surface area contributed by atoms with Crippen molar-refractivity contribution in [3.05, 3.63) is 68.1 Å². The first-order chi connectivity index (χ1) is 6.45. The van der Waals surface area contributed by atoms with E-state index in [4.69, 9.17) is 0 Å². The van der Waals surface area contributed by atoms with Crippen LogP contribution in [0.2, 0.25) is 0 Å². The summed E-state index contributed by atoms with van der Waals surface area (Å²) in [5.41, 5.74) is 0. The van der Waals surface area contributed by atoms with Crippen LogP contribution in [0.4, 0.5) is 0 Å². The number of hydrogen-bond donors (Lipinski definition) is 0. The molecule has 2 rings (SSSR count). The molecular weight excluding hydrogens is 285 g/mol. The summed E-state index contributed by atoms with van der Waals surface area (Å²) >= 11 is -0.335. The summed E-state index contributed by atoms with van der Waals surface area (Å²) in [6, 6.07) is 21.5. The van der Waals surface area contributed by atoms with Gasteiger partial charge in [0.2, 0.25) is 0 Å². The van der Waals surface area contributed by atoms with Crippen molar-refractivity contribution in [3.8, 4) is 0 Å². The Kier molecular flexibility index (Phi) is 7.98. The zero-order chi connectivity index (χ0) is 8.93. The Morgan fingerprint density at radius 2 is 0.933 bits per heavy atom. The first kappa shape index (κ1) is 14.9. The monoisotopic (exact) mass is 297 g/mol. The molecule has 0 heterocycles. The topological polar surface area (TPSA) is 0 Å². The SMILES string of the molecule is [CH3-].[Li+].c1cc[c]([Sb][c]2ccccc2)cc1. The van der Waals surface area contributed by atoms with E-state index in [1.165, 1.54) is 7.02 Å². The van der Waals surface area contributed by atoms with E-state index in [1.807, 2.05) is 0 Å². The van der Waals surface area contributed by atoms with Gasteiger partial charge >= 0.3 is 108 Å².